The Morgan fingerprint density at radius 2 is 1.94 bits per heavy atom. The zero-order chi connectivity index (χ0) is 25.5. The molecule has 3 heterocycles. The number of aromatic nitrogens is 1. The summed E-state index contributed by atoms with van der Waals surface area (Å²) in [4.78, 5) is 20.4. The Kier molecular flexibility index (Phi) is 6.61. The number of ether oxygens (including phenoxy) is 3. The van der Waals surface area contributed by atoms with Crippen LogP contribution in [0.15, 0.2) is 29.4 Å². The van der Waals surface area contributed by atoms with Crippen molar-refractivity contribution >= 4 is 27.3 Å². The molecule has 1 amide bonds. The summed E-state index contributed by atoms with van der Waals surface area (Å²) < 4.78 is 41.7. The monoisotopic (exact) mass is 503 g/mol. The average molecular weight is 504 g/mol. The van der Waals surface area contributed by atoms with E-state index in [1.54, 1.807) is 18.0 Å². The maximum atomic E-state index is 12.4. The summed E-state index contributed by atoms with van der Waals surface area (Å²) in [7, 11) is -3.40. The van der Waals surface area contributed by atoms with E-state index in [1.807, 2.05) is 45.9 Å². The molecule has 0 N–H and O–H groups in total. The van der Waals surface area contributed by atoms with E-state index in [9.17, 15) is 13.2 Å². The lowest BCUT2D eigenvalue weighted by atomic mass is 10.1. The van der Waals surface area contributed by atoms with Crippen LogP contribution in [0.5, 0.6) is 11.5 Å². The fraction of sp³-hybridized carbons (Fsp3) is 0.520. The Morgan fingerprint density at radius 1 is 1.20 bits per heavy atom. The number of likely N-dealkylation sites (tertiary alicyclic amines) is 1. The van der Waals surface area contributed by atoms with Gasteiger partial charge in [-0.15, -0.1) is 0 Å². The van der Waals surface area contributed by atoms with Crippen LogP contribution in [0.2, 0.25) is 0 Å². The van der Waals surface area contributed by atoms with E-state index in [4.69, 9.17) is 14.2 Å². The van der Waals surface area contributed by atoms with Crippen molar-refractivity contribution in [2.45, 2.75) is 57.8 Å². The summed E-state index contributed by atoms with van der Waals surface area (Å²) in [6.07, 6.45) is 2.99. The number of amides is 1. The predicted molar refractivity (Wildman–Crippen MR) is 133 cm³/mol. The summed E-state index contributed by atoms with van der Waals surface area (Å²) in [6.45, 7) is 11.4. The lowest BCUT2D eigenvalue weighted by Gasteiger charge is -2.33. The zero-order valence-corrected chi connectivity index (χ0v) is 21.9. The maximum absolute atomic E-state index is 12.4. The van der Waals surface area contributed by atoms with E-state index < -0.39 is 15.4 Å². The van der Waals surface area contributed by atoms with Gasteiger partial charge in [0.25, 0.3) is 0 Å². The number of pyridine rings is 1. The van der Waals surface area contributed by atoms with E-state index in [0.717, 1.165) is 28.9 Å². The van der Waals surface area contributed by atoms with Crippen molar-refractivity contribution in [1.82, 2.24) is 9.88 Å². The van der Waals surface area contributed by atoms with Gasteiger partial charge in [0.05, 0.1) is 30.7 Å². The Bertz CT molecular complexity index is 1240. The largest absolute Gasteiger partial charge is 0.490 e. The standard InChI is InChI=1S/C25H33N3O6S/c1-16-13-18(14-26-23(16)35(6,30)31)28-11-12-32-21-8-7-20(17(2)22(21)28)33-19-9-10-27(15-19)24(29)34-25(3,4)5/h7-8,13-14,19H,9-12,15H2,1-6H3. The van der Waals surface area contributed by atoms with Crippen molar-refractivity contribution in [1.29, 1.82) is 0 Å². The fourth-order valence-corrected chi connectivity index (χ4v) is 5.32. The molecule has 0 aliphatic carbocycles. The van der Waals surface area contributed by atoms with Crippen molar-refractivity contribution in [3.63, 3.8) is 0 Å². The highest BCUT2D eigenvalue weighted by Gasteiger charge is 2.32. The predicted octanol–water partition coefficient (Wildman–Crippen LogP) is 4.02. The molecule has 1 aromatic carbocycles. The second-order valence-electron chi connectivity index (χ2n) is 10.1. The first-order valence-electron chi connectivity index (χ1n) is 11.7. The maximum Gasteiger partial charge on any atom is 0.410 e. The minimum absolute atomic E-state index is 0.0827. The van der Waals surface area contributed by atoms with Gasteiger partial charge >= 0.3 is 6.09 Å². The summed E-state index contributed by atoms with van der Waals surface area (Å²) >= 11 is 0. The first-order chi connectivity index (χ1) is 16.3. The van der Waals surface area contributed by atoms with Crippen molar-refractivity contribution in [2.24, 2.45) is 0 Å². The third-order valence-electron chi connectivity index (χ3n) is 5.96. The van der Waals surface area contributed by atoms with Crippen molar-refractivity contribution in [3.8, 4) is 11.5 Å². The quantitative estimate of drug-likeness (QED) is 0.617. The van der Waals surface area contributed by atoms with Crippen LogP contribution in [0.4, 0.5) is 16.2 Å². The number of nitrogens with zero attached hydrogens (tertiary/aromatic N) is 3. The number of benzene rings is 1. The summed E-state index contributed by atoms with van der Waals surface area (Å²) in [5.74, 6) is 1.44. The molecule has 35 heavy (non-hydrogen) atoms. The SMILES string of the molecule is Cc1cc(N2CCOc3ccc(OC4CCN(C(=O)OC(C)(C)C)C4)c(C)c32)cnc1S(C)(=O)=O. The third-order valence-corrected chi connectivity index (χ3v) is 7.09. The number of sulfone groups is 1. The van der Waals surface area contributed by atoms with E-state index in [-0.39, 0.29) is 17.2 Å². The summed E-state index contributed by atoms with van der Waals surface area (Å²) in [5, 5.41) is 0.0827. The van der Waals surface area contributed by atoms with E-state index in [2.05, 4.69) is 9.88 Å². The molecular weight excluding hydrogens is 470 g/mol. The minimum atomic E-state index is -3.40. The van der Waals surface area contributed by atoms with Crippen molar-refractivity contribution < 1.29 is 27.4 Å². The molecule has 2 aliphatic heterocycles. The number of carbonyl (C=O) groups is 1. The summed E-state index contributed by atoms with van der Waals surface area (Å²) in [6, 6.07) is 5.61. The van der Waals surface area contributed by atoms with Gasteiger partial charge in [-0.05, 0) is 58.4 Å². The molecule has 1 aromatic heterocycles. The van der Waals surface area contributed by atoms with Crippen LogP contribution in [-0.4, -0.2) is 68.6 Å². The van der Waals surface area contributed by atoms with Crippen LogP contribution in [0.25, 0.3) is 0 Å². The lowest BCUT2D eigenvalue weighted by molar-refractivity contribution is 0.0275. The van der Waals surface area contributed by atoms with E-state index >= 15 is 0 Å². The van der Waals surface area contributed by atoms with Gasteiger partial charge in [0, 0.05) is 24.8 Å². The van der Waals surface area contributed by atoms with Gasteiger partial charge in [0.1, 0.15) is 29.8 Å². The molecule has 190 valence electrons. The fourth-order valence-electron chi connectivity index (χ4n) is 4.43. The van der Waals surface area contributed by atoms with Crippen LogP contribution < -0.4 is 14.4 Å². The number of rotatable bonds is 4. The molecule has 2 aromatic rings. The van der Waals surface area contributed by atoms with Gasteiger partial charge in [-0.3, -0.25) is 0 Å². The topological polar surface area (TPSA) is 98.3 Å². The minimum Gasteiger partial charge on any atom is -0.490 e. The van der Waals surface area contributed by atoms with Crippen molar-refractivity contribution in [3.05, 3.63) is 35.5 Å². The molecule has 1 unspecified atom stereocenters. The molecule has 1 fully saturated rings. The average Bonchev–Trinajstić information content (AvgIpc) is 3.22. The second-order valence-corrected chi connectivity index (χ2v) is 12.0. The molecule has 0 saturated carbocycles. The van der Waals surface area contributed by atoms with Gasteiger partial charge in [-0.25, -0.2) is 18.2 Å². The van der Waals surface area contributed by atoms with Gasteiger partial charge < -0.3 is 24.0 Å². The zero-order valence-electron chi connectivity index (χ0n) is 21.1. The van der Waals surface area contributed by atoms with Crippen LogP contribution in [0.3, 0.4) is 0 Å². The Hall–Kier alpha value is -3.01. The van der Waals surface area contributed by atoms with Crippen molar-refractivity contribution in [2.75, 3.05) is 37.4 Å². The second kappa shape index (κ2) is 9.22. The molecule has 0 radical (unpaired) electrons. The molecule has 2 aliphatic rings. The number of hydrogen-bond acceptors (Lipinski definition) is 8. The van der Waals surface area contributed by atoms with Gasteiger partial charge in [0.15, 0.2) is 14.9 Å². The Labute approximate surface area is 206 Å². The number of aryl methyl sites for hydroxylation is 1. The first-order valence-corrected chi connectivity index (χ1v) is 13.6. The van der Waals surface area contributed by atoms with E-state index in [1.165, 1.54) is 0 Å². The highest BCUT2D eigenvalue weighted by atomic mass is 32.2. The number of hydrogen-bond donors (Lipinski definition) is 0. The molecular formula is C25H33N3O6S. The highest BCUT2D eigenvalue weighted by molar-refractivity contribution is 7.90. The molecule has 1 atom stereocenters. The summed E-state index contributed by atoms with van der Waals surface area (Å²) in [5.41, 5.74) is 2.61. The van der Waals surface area contributed by atoms with Crippen LogP contribution in [0, 0.1) is 13.8 Å². The van der Waals surface area contributed by atoms with Crippen LogP contribution in [-0.2, 0) is 14.6 Å². The molecule has 0 spiro atoms. The van der Waals surface area contributed by atoms with Crippen LogP contribution in [0.1, 0.15) is 38.3 Å². The first kappa shape index (κ1) is 25.1. The van der Waals surface area contributed by atoms with Gasteiger partial charge in [0.2, 0.25) is 0 Å². The van der Waals surface area contributed by atoms with Gasteiger partial charge in [-0.2, -0.15) is 0 Å². The number of fused-ring (bicyclic) bond motifs is 1. The third kappa shape index (κ3) is 5.47. The molecule has 0 bridgehead atoms. The molecule has 1 saturated heterocycles. The lowest BCUT2D eigenvalue weighted by Crippen LogP contribution is -2.36. The molecule has 10 heteroatoms. The Balaban J connectivity index is 1.56. The number of carbonyl (C=O) groups excluding carboxylic acids is 1. The normalized spacial score (nSPS) is 18.2. The molecule has 4 rings (SSSR count). The Morgan fingerprint density at radius 3 is 2.60 bits per heavy atom. The highest BCUT2D eigenvalue weighted by Crippen LogP contribution is 2.43. The van der Waals surface area contributed by atoms with E-state index in [0.29, 0.717) is 44.0 Å². The van der Waals surface area contributed by atoms with Gasteiger partial charge in [-0.1, -0.05) is 0 Å². The smallest absolute Gasteiger partial charge is 0.410 e. The van der Waals surface area contributed by atoms with Crippen LogP contribution >= 0.6 is 0 Å². The molecule has 9 nitrogen and oxygen atoms in total. The number of anilines is 2.